The largest absolute Gasteiger partial charge is 0.442 e. The van der Waals surface area contributed by atoms with Crippen molar-refractivity contribution in [3.63, 3.8) is 0 Å². The van der Waals surface area contributed by atoms with Crippen LogP contribution in [0.15, 0.2) is 24.8 Å². The minimum absolute atomic E-state index is 0.0313. The van der Waals surface area contributed by atoms with E-state index in [1.807, 2.05) is 13.8 Å². The molecular formula is C22H29N5O6. The van der Waals surface area contributed by atoms with Crippen LogP contribution < -0.4 is 5.32 Å². The van der Waals surface area contributed by atoms with Gasteiger partial charge in [-0.3, -0.25) is 4.79 Å². The first-order valence-corrected chi connectivity index (χ1v) is 10.8. The molecule has 178 valence electrons. The highest BCUT2D eigenvalue weighted by atomic mass is 16.8. The number of aliphatic hydroxyl groups is 1. The number of ether oxygens (including phenoxy) is 3. The Balaban J connectivity index is 1.54. The number of nitrogens with zero attached hydrogens (tertiary/aromatic N) is 4. The molecule has 2 aromatic rings. The zero-order valence-corrected chi connectivity index (χ0v) is 19.3. The highest BCUT2D eigenvalue weighted by molar-refractivity contribution is 6.10. The topological polar surface area (TPSA) is 138 Å². The average Bonchev–Trinajstić information content (AvgIpc) is 3.41. The van der Waals surface area contributed by atoms with Gasteiger partial charge < -0.3 is 24.6 Å². The molecule has 2 aromatic heterocycles. The Bertz CT molecular complexity index is 1050. The Morgan fingerprint density at radius 1 is 1.30 bits per heavy atom. The van der Waals surface area contributed by atoms with Gasteiger partial charge in [-0.25, -0.2) is 14.8 Å². The van der Waals surface area contributed by atoms with Crippen LogP contribution in [0.25, 0.3) is 0 Å². The molecule has 0 spiro atoms. The van der Waals surface area contributed by atoms with Crippen molar-refractivity contribution < 1.29 is 28.9 Å². The number of aliphatic hydroxyl groups excluding tert-OH is 1. The summed E-state index contributed by atoms with van der Waals surface area (Å²) in [5.74, 6) is -0.989. The number of nitrogens with one attached hydrogen (secondary N) is 1. The summed E-state index contributed by atoms with van der Waals surface area (Å²) < 4.78 is 18.3. The molecule has 0 radical (unpaired) electrons. The average molecular weight is 460 g/mol. The molecule has 11 heteroatoms. The lowest BCUT2D eigenvalue weighted by molar-refractivity contribution is -0.158. The third kappa shape index (κ3) is 4.90. The van der Waals surface area contributed by atoms with E-state index in [-0.39, 0.29) is 42.0 Å². The summed E-state index contributed by atoms with van der Waals surface area (Å²) in [7, 11) is 0. The zero-order chi connectivity index (χ0) is 24.0. The Labute approximate surface area is 191 Å². The molecule has 1 saturated heterocycles. The Morgan fingerprint density at radius 3 is 2.73 bits per heavy atom. The van der Waals surface area contributed by atoms with E-state index in [1.165, 1.54) is 24.8 Å². The van der Waals surface area contributed by atoms with Crippen LogP contribution in [0, 0.1) is 5.92 Å². The van der Waals surface area contributed by atoms with Crippen LogP contribution in [-0.4, -0.2) is 73.0 Å². The molecule has 33 heavy (non-hydrogen) atoms. The number of fused-ring (bicyclic) bond motifs is 1. The molecule has 11 nitrogen and oxygen atoms in total. The normalized spacial score (nSPS) is 26.1. The maximum absolute atomic E-state index is 13.2. The van der Waals surface area contributed by atoms with Crippen molar-refractivity contribution in [2.75, 3.05) is 11.9 Å². The second-order valence-corrected chi connectivity index (χ2v) is 9.73. The van der Waals surface area contributed by atoms with E-state index in [4.69, 9.17) is 14.2 Å². The third-order valence-electron chi connectivity index (χ3n) is 5.50. The molecule has 1 aliphatic carbocycles. The van der Waals surface area contributed by atoms with Gasteiger partial charge in [0.15, 0.2) is 5.79 Å². The van der Waals surface area contributed by atoms with E-state index in [2.05, 4.69) is 20.4 Å². The van der Waals surface area contributed by atoms with Crippen LogP contribution in [0.1, 0.15) is 57.1 Å². The fourth-order valence-electron chi connectivity index (χ4n) is 4.19. The van der Waals surface area contributed by atoms with Gasteiger partial charge in [-0.1, -0.05) is 0 Å². The summed E-state index contributed by atoms with van der Waals surface area (Å²) in [6.45, 7) is 8.87. The molecular weight excluding hydrogens is 430 g/mol. The first-order chi connectivity index (χ1) is 15.5. The van der Waals surface area contributed by atoms with E-state index in [0.717, 1.165) is 4.68 Å². The van der Waals surface area contributed by atoms with Crippen molar-refractivity contribution in [2.45, 2.75) is 70.7 Å². The summed E-state index contributed by atoms with van der Waals surface area (Å²) in [4.78, 5) is 33.6. The van der Waals surface area contributed by atoms with Crippen molar-refractivity contribution in [2.24, 2.45) is 5.92 Å². The van der Waals surface area contributed by atoms with Gasteiger partial charge in [0.05, 0.1) is 17.7 Å². The van der Waals surface area contributed by atoms with Crippen molar-refractivity contribution in [1.82, 2.24) is 19.7 Å². The van der Waals surface area contributed by atoms with Gasteiger partial charge in [0.1, 0.15) is 29.5 Å². The van der Waals surface area contributed by atoms with Gasteiger partial charge >= 0.3 is 6.09 Å². The molecule has 0 amide bonds. The third-order valence-corrected chi connectivity index (χ3v) is 5.50. The number of aromatic nitrogens is 4. The van der Waals surface area contributed by atoms with Crippen molar-refractivity contribution >= 4 is 17.7 Å². The fraction of sp³-hybridized carbons (Fsp3) is 0.591. The molecule has 4 rings (SSSR count). The van der Waals surface area contributed by atoms with Gasteiger partial charge in [-0.2, -0.15) is 9.78 Å². The molecule has 2 fully saturated rings. The molecule has 4 atom stereocenters. The molecule has 0 aromatic carbocycles. The monoisotopic (exact) mass is 459 g/mol. The lowest BCUT2D eigenvalue weighted by Crippen LogP contribution is -2.35. The van der Waals surface area contributed by atoms with Crippen molar-refractivity contribution in [3.05, 3.63) is 36.0 Å². The minimum atomic E-state index is -0.762. The summed E-state index contributed by atoms with van der Waals surface area (Å²) in [5, 5.41) is 17.1. The number of carbonyl (C=O) groups is 2. The molecule has 2 aliphatic rings. The highest BCUT2D eigenvalue weighted by Gasteiger charge is 2.54. The first-order valence-electron chi connectivity index (χ1n) is 10.8. The molecule has 2 N–H and O–H groups in total. The molecule has 3 heterocycles. The minimum Gasteiger partial charge on any atom is -0.442 e. The van der Waals surface area contributed by atoms with Crippen LogP contribution in [0.2, 0.25) is 0 Å². The maximum Gasteiger partial charge on any atom is 0.435 e. The van der Waals surface area contributed by atoms with Gasteiger partial charge in [-0.15, -0.1) is 0 Å². The second-order valence-electron chi connectivity index (χ2n) is 9.73. The quantitative estimate of drug-likeness (QED) is 0.639. The fourth-order valence-corrected chi connectivity index (χ4v) is 4.19. The molecule has 1 aliphatic heterocycles. The summed E-state index contributed by atoms with van der Waals surface area (Å²) in [5.41, 5.74) is -0.434. The van der Waals surface area contributed by atoms with E-state index in [0.29, 0.717) is 12.2 Å². The Kier molecular flexibility index (Phi) is 5.97. The standard InChI is InChI=1S/C22H29N5O6/c1-21(2,3)33-20(30)27-7-6-14(26-27)16(29)13-9-23-11-24-19(13)25-15-8-12(10-28)17-18(15)32-22(4,5)31-17/h6-7,9,11-12,15,17-18,28H,8,10H2,1-5H3,(H,23,24,25). The van der Waals surface area contributed by atoms with Crippen LogP contribution in [0.5, 0.6) is 0 Å². The van der Waals surface area contributed by atoms with Gasteiger partial charge in [0.25, 0.3) is 0 Å². The predicted molar refractivity (Wildman–Crippen MR) is 116 cm³/mol. The van der Waals surface area contributed by atoms with Crippen molar-refractivity contribution in [1.29, 1.82) is 0 Å². The van der Waals surface area contributed by atoms with Crippen LogP contribution in [-0.2, 0) is 14.2 Å². The summed E-state index contributed by atoms with van der Waals surface area (Å²) in [6, 6.07) is 1.21. The SMILES string of the molecule is CC(C)(C)OC(=O)n1ccc(C(=O)c2cncnc2NC2CC(CO)C3OC(C)(C)OC23)n1. The Hall–Kier alpha value is -2.89. The van der Waals surface area contributed by atoms with E-state index in [9.17, 15) is 14.7 Å². The second kappa shape index (κ2) is 8.47. The smallest absolute Gasteiger partial charge is 0.435 e. The first kappa shape index (κ1) is 23.3. The number of hydrogen-bond donors (Lipinski definition) is 2. The Morgan fingerprint density at radius 2 is 2.03 bits per heavy atom. The van der Waals surface area contributed by atoms with Crippen molar-refractivity contribution in [3.8, 4) is 0 Å². The van der Waals surface area contributed by atoms with Gasteiger partial charge in [0, 0.05) is 24.9 Å². The van der Waals surface area contributed by atoms with Gasteiger partial charge in [-0.05, 0) is 47.1 Å². The number of ketones is 1. The van der Waals surface area contributed by atoms with E-state index >= 15 is 0 Å². The summed E-state index contributed by atoms with van der Waals surface area (Å²) in [6.07, 6.45) is 3.46. The van der Waals surface area contributed by atoms with Crippen LogP contribution in [0.4, 0.5) is 10.6 Å². The lowest BCUT2D eigenvalue weighted by Gasteiger charge is -2.24. The number of carbonyl (C=O) groups excluding carboxylic acids is 2. The zero-order valence-electron chi connectivity index (χ0n) is 19.3. The van der Waals surface area contributed by atoms with Crippen LogP contribution >= 0.6 is 0 Å². The maximum atomic E-state index is 13.2. The number of rotatable bonds is 5. The number of hydrogen-bond acceptors (Lipinski definition) is 10. The highest BCUT2D eigenvalue weighted by Crippen LogP contribution is 2.42. The lowest BCUT2D eigenvalue weighted by atomic mass is 10.1. The molecule has 0 bridgehead atoms. The molecule has 4 unspecified atom stereocenters. The molecule has 1 saturated carbocycles. The van der Waals surface area contributed by atoms with E-state index in [1.54, 1.807) is 20.8 Å². The summed E-state index contributed by atoms with van der Waals surface area (Å²) >= 11 is 0. The van der Waals surface area contributed by atoms with Crippen LogP contribution in [0.3, 0.4) is 0 Å². The number of anilines is 1. The van der Waals surface area contributed by atoms with Gasteiger partial charge in [0.2, 0.25) is 5.78 Å². The van der Waals surface area contributed by atoms with E-state index < -0.39 is 23.3 Å². The predicted octanol–water partition coefficient (Wildman–Crippen LogP) is 2.00.